The van der Waals surface area contributed by atoms with Gasteiger partial charge in [-0.3, -0.25) is 0 Å². The van der Waals surface area contributed by atoms with Crippen LogP contribution in [0.1, 0.15) is 0 Å². The minimum atomic E-state index is 0. The number of rotatable bonds is 0. The van der Waals surface area contributed by atoms with Crippen LogP contribution >= 0.6 is 0 Å². The molecule has 0 saturated heterocycles. The Morgan fingerprint density at radius 2 is 0.750 bits per heavy atom. The molecule has 0 unspecified atom stereocenters. The number of hydrogen-bond donors (Lipinski definition) is 0. The number of hydrogen-bond acceptors (Lipinski definition) is 0. The standard InChI is InChI=1S/Mg.2H2O.Ti.2H/h;2*1H2;;;. The average Bonchev–Trinajstić information content (AvgIpc) is 0. The van der Waals surface area contributed by atoms with E-state index >= 15 is 0 Å². The van der Waals surface area contributed by atoms with Gasteiger partial charge in [-0.25, -0.2) is 0 Å². The van der Waals surface area contributed by atoms with Crippen LogP contribution in [0, 0.1) is 0 Å². The quantitative estimate of drug-likeness (QED) is 0.308. The third kappa shape index (κ3) is 9.99. The molecule has 4 N–H and O–H groups in total. The smallest absolute Gasteiger partial charge is 0.316 e. The van der Waals surface area contributed by atoms with Crippen molar-refractivity contribution >= 4 is 23.1 Å². The van der Waals surface area contributed by atoms with Gasteiger partial charge in [0.2, 0.25) is 0 Å². The summed E-state index contributed by atoms with van der Waals surface area (Å²) in [4.78, 5) is 0. The first-order valence-corrected chi connectivity index (χ1v) is 0. The van der Waals surface area contributed by atoms with Gasteiger partial charge in [-0.1, -0.05) is 0 Å². The zero-order chi connectivity index (χ0) is 0. The van der Waals surface area contributed by atoms with E-state index in [1.54, 1.807) is 0 Å². The molecule has 0 aromatic heterocycles. The first-order chi connectivity index (χ1) is 0. The molecule has 24 valence electrons. The van der Waals surface area contributed by atoms with Crippen molar-refractivity contribution in [3.8, 4) is 0 Å². The molecule has 2 nitrogen and oxygen atoms in total. The summed E-state index contributed by atoms with van der Waals surface area (Å²) in [5, 5.41) is 0. The van der Waals surface area contributed by atoms with E-state index in [1.807, 2.05) is 0 Å². The minimum absolute atomic E-state index is 0. The molecule has 0 heterocycles. The topological polar surface area (TPSA) is 63.0 Å². The molecule has 0 radical (unpaired) electrons. The van der Waals surface area contributed by atoms with E-state index in [4.69, 9.17) is 0 Å². The van der Waals surface area contributed by atoms with Gasteiger partial charge in [-0.05, 0) is 0 Å². The van der Waals surface area contributed by atoms with Crippen LogP contribution in [0.15, 0.2) is 0 Å². The molecular weight excluding hydrogens is 104 g/mol. The van der Waals surface area contributed by atoms with Gasteiger partial charge in [0, 0.05) is 21.7 Å². The minimum Gasteiger partial charge on any atom is -0.412 e. The van der Waals surface area contributed by atoms with Crippen LogP contribution in [0.25, 0.3) is 0 Å². The maximum atomic E-state index is 0. The summed E-state index contributed by atoms with van der Waals surface area (Å²) in [7, 11) is 0. The Morgan fingerprint density at radius 3 is 0.750 bits per heavy atom. The maximum absolute atomic E-state index is 0. The van der Waals surface area contributed by atoms with Gasteiger partial charge >= 0.3 is 23.1 Å². The third-order valence-corrected chi connectivity index (χ3v) is 0. The molecule has 0 aromatic carbocycles. The molecule has 4 heteroatoms. The van der Waals surface area contributed by atoms with Crippen LogP contribution in [-0.4, -0.2) is 34.0 Å². The van der Waals surface area contributed by atoms with Gasteiger partial charge in [-0.2, -0.15) is 0 Å². The Labute approximate surface area is 55.6 Å². The Kier molecular flexibility index (Phi) is 346. The molecule has 0 saturated carbocycles. The van der Waals surface area contributed by atoms with Crippen LogP contribution in [0.3, 0.4) is 0 Å². The molecule has 0 aromatic rings. The summed E-state index contributed by atoms with van der Waals surface area (Å²) in [5.74, 6) is 0. The summed E-state index contributed by atoms with van der Waals surface area (Å²) < 4.78 is 0. The zero-order valence-corrected chi connectivity index (χ0v) is 3.06. The van der Waals surface area contributed by atoms with Crippen LogP contribution in [-0.2, 0) is 21.7 Å². The second-order valence-corrected chi connectivity index (χ2v) is 0. The monoisotopic (exact) mass is 110 g/mol. The van der Waals surface area contributed by atoms with E-state index in [-0.39, 0.29) is 55.7 Å². The van der Waals surface area contributed by atoms with Crippen molar-refractivity contribution in [1.82, 2.24) is 0 Å². The molecule has 0 bridgehead atoms. The van der Waals surface area contributed by atoms with Crippen LogP contribution in [0.5, 0.6) is 0 Å². The molecular formula is H6MgO2Ti. The summed E-state index contributed by atoms with van der Waals surface area (Å²) >= 11 is 0. The van der Waals surface area contributed by atoms with Crippen molar-refractivity contribution in [3.63, 3.8) is 0 Å². The van der Waals surface area contributed by atoms with Crippen molar-refractivity contribution in [2.24, 2.45) is 0 Å². The van der Waals surface area contributed by atoms with E-state index in [0.29, 0.717) is 0 Å². The second-order valence-electron chi connectivity index (χ2n) is 0. The molecule has 0 aliphatic heterocycles. The SMILES string of the molecule is O.O.[MgH2].[Ti]. The van der Waals surface area contributed by atoms with Gasteiger partial charge in [0.1, 0.15) is 0 Å². The fraction of sp³-hybridized carbons (Fsp3) is 0. The summed E-state index contributed by atoms with van der Waals surface area (Å²) in [6.45, 7) is 0. The summed E-state index contributed by atoms with van der Waals surface area (Å²) in [6, 6.07) is 0. The van der Waals surface area contributed by atoms with E-state index in [1.165, 1.54) is 0 Å². The van der Waals surface area contributed by atoms with Gasteiger partial charge in [0.05, 0.1) is 0 Å². The molecule has 0 amide bonds. The van der Waals surface area contributed by atoms with Crippen molar-refractivity contribution in [3.05, 3.63) is 0 Å². The zero-order valence-electron chi connectivity index (χ0n) is 1.50. The van der Waals surface area contributed by atoms with E-state index in [0.717, 1.165) is 0 Å². The predicted octanol–water partition coefficient (Wildman–Crippen LogP) is -2.57. The second kappa shape index (κ2) is 25.9. The van der Waals surface area contributed by atoms with Crippen molar-refractivity contribution in [2.75, 3.05) is 0 Å². The predicted molar refractivity (Wildman–Crippen MR) is 15.8 cm³/mol. The molecule has 0 spiro atoms. The van der Waals surface area contributed by atoms with Gasteiger partial charge in [0.15, 0.2) is 0 Å². The van der Waals surface area contributed by atoms with Crippen molar-refractivity contribution in [2.45, 2.75) is 0 Å². The fourth-order valence-electron chi connectivity index (χ4n) is 0. The van der Waals surface area contributed by atoms with Gasteiger partial charge in [0.25, 0.3) is 0 Å². The Hall–Kier alpha value is 1.40. The van der Waals surface area contributed by atoms with Crippen molar-refractivity contribution < 1.29 is 32.7 Å². The molecule has 0 aliphatic rings. The normalized spacial score (nSPS) is 0. The van der Waals surface area contributed by atoms with E-state index < -0.39 is 0 Å². The first-order valence-electron chi connectivity index (χ1n) is 0. The van der Waals surface area contributed by atoms with Crippen molar-refractivity contribution in [1.29, 1.82) is 0 Å². The molecule has 4 heavy (non-hydrogen) atoms. The Balaban J connectivity index is 0. The van der Waals surface area contributed by atoms with Crippen LogP contribution in [0.2, 0.25) is 0 Å². The van der Waals surface area contributed by atoms with Crippen LogP contribution < -0.4 is 0 Å². The van der Waals surface area contributed by atoms with Crippen LogP contribution in [0.4, 0.5) is 0 Å². The van der Waals surface area contributed by atoms with Gasteiger partial charge < -0.3 is 11.0 Å². The largest absolute Gasteiger partial charge is 0.412 e. The summed E-state index contributed by atoms with van der Waals surface area (Å²) in [6.07, 6.45) is 0. The first kappa shape index (κ1) is 53.3. The molecule has 0 fully saturated rings. The fourth-order valence-corrected chi connectivity index (χ4v) is 0. The Bertz CT molecular complexity index is 6.00. The van der Waals surface area contributed by atoms with Gasteiger partial charge in [-0.15, -0.1) is 0 Å². The van der Waals surface area contributed by atoms with E-state index in [9.17, 15) is 0 Å². The van der Waals surface area contributed by atoms with E-state index in [2.05, 4.69) is 0 Å². The molecule has 0 aliphatic carbocycles. The summed E-state index contributed by atoms with van der Waals surface area (Å²) in [5.41, 5.74) is 0. The molecule has 0 rings (SSSR count). The third-order valence-electron chi connectivity index (χ3n) is 0. The average molecular weight is 110 g/mol. The Morgan fingerprint density at radius 1 is 0.750 bits per heavy atom. The molecule has 0 atom stereocenters. The maximum Gasteiger partial charge on any atom is 0.316 e.